The van der Waals surface area contributed by atoms with Crippen LogP contribution in [0.5, 0.6) is 0 Å². The molecule has 1 aliphatic heterocycles. The normalized spacial score (nSPS) is 15.8. The number of carbonyl (C=O) groups is 3. The third-order valence-electron chi connectivity index (χ3n) is 6.08. The number of benzene rings is 1. The smallest absolute Gasteiger partial charge is 0.332 e. The number of ether oxygens (including phenoxy) is 1. The van der Waals surface area contributed by atoms with Gasteiger partial charge in [0, 0.05) is 32.2 Å². The Morgan fingerprint density at radius 2 is 1.85 bits per heavy atom. The molecule has 0 spiro atoms. The third-order valence-corrected chi connectivity index (χ3v) is 6.08. The summed E-state index contributed by atoms with van der Waals surface area (Å²) in [5, 5.41) is 0. The highest BCUT2D eigenvalue weighted by atomic mass is 16.5. The maximum absolute atomic E-state index is 12.8. The van der Waals surface area contributed by atoms with Crippen molar-refractivity contribution >= 4 is 29.2 Å². The van der Waals surface area contributed by atoms with Crippen LogP contribution < -0.4 is 21.9 Å². The van der Waals surface area contributed by atoms with Crippen molar-refractivity contribution in [3.8, 4) is 0 Å². The molecule has 2 aromatic rings. The number of nitrogen functional groups attached to an aromatic ring is 1. The fraction of sp³-hybridized carbons (Fsp3) is 0.458. The van der Waals surface area contributed by atoms with Crippen molar-refractivity contribution in [3.05, 3.63) is 55.7 Å². The van der Waals surface area contributed by atoms with Crippen LogP contribution in [0.1, 0.15) is 41.8 Å². The van der Waals surface area contributed by atoms with Crippen molar-refractivity contribution in [2.24, 2.45) is 18.9 Å². The number of esters is 1. The summed E-state index contributed by atoms with van der Waals surface area (Å²) in [7, 11) is 1.26. The van der Waals surface area contributed by atoms with Crippen LogP contribution in [-0.2, 0) is 27.9 Å². The van der Waals surface area contributed by atoms with Gasteiger partial charge in [-0.15, -0.1) is 0 Å². The molecule has 0 bridgehead atoms. The van der Waals surface area contributed by atoms with E-state index >= 15 is 0 Å². The van der Waals surface area contributed by atoms with E-state index in [0.717, 1.165) is 21.4 Å². The van der Waals surface area contributed by atoms with Crippen molar-refractivity contribution in [1.29, 1.82) is 0 Å². The summed E-state index contributed by atoms with van der Waals surface area (Å²) in [6, 6.07) is 5.61. The summed E-state index contributed by atoms with van der Waals surface area (Å²) in [4.78, 5) is 64.5. The first-order valence-corrected chi connectivity index (χ1v) is 11.1. The molecule has 1 aromatic carbocycles. The van der Waals surface area contributed by atoms with E-state index in [1.165, 1.54) is 11.6 Å². The number of hydrogen-bond acceptors (Lipinski definition) is 7. The molecule has 34 heavy (non-hydrogen) atoms. The predicted molar refractivity (Wildman–Crippen MR) is 127 cm³/mol. The number of ketones is 1. The average molecular weight is 471 g/mol. The Kier molecular flexibility index (Phi) is 7.09. The second kappa shape index (κ2) is 9.66. The van der Waals surface area contributed by atoms with Crippen LogP contribution in [0.3, 0.4) is 0 Å². The second-order valence-corrected chi connectivity index (χ2v) is 9.07. The largest absolute Gasteiger partial charge is 0.457 e. The lowest BCUT2D eigenvalue weighted by atomic mass is 10.1. The van der Waals surface area contributed by atoms with Gasteiger partial charge in [-0.3, -0.25) is 28.3 Å². The molecule has 0 aliphatic carbocycles. The molecule has 0 unspecified atom stereocenters. The first-order chi connectivity index (χ1) is 15.9. The molecule has 0 saturated carbocycles. The fourth-order valence-corrected chi connectivity index (χ4v) is 4.04. The molecule has 1 fully saturated rings. The van der Waals surface area contributed by atoms with E-state index in [1.807, 2.05) is 45.9 Å². The lowest BCUT2D eigenvalue weighted by molar-refractivity contribution is -0.147. The maximum atomic E-state index is 12.8. The summed E-state index contributed by atoms with van der Waals surface area (Å²) in [6.07, 6.45) is -0.0381. The Morgan fingerprint density at radius 1 is 1.18 bits per heavy atom. The van der Waals surface area contributed by atoms with Gasteiger partial charge in [0.2, 0.25) is 11.7 Å². The minimum Gasteiger partial charge on any atom is -0.457 e. The molecule has 1 aliphatic rings. The number of nitrogens with two attached hydrogens (primary N) is 1. The van der Waals surface area contributed by atoms with Gasteiger partial charge in [-0.05, 0) is 37.0 Å². The van der Waals surface area contributed by atoms with Gasteiger partial charge in [-0.2, -0.15) is 0 Å². The van der Waals surface area contributed by atoms with Crippen LogP contribution in [0.25, 0.3) is 0 Å². The molecule has 1 atom stereocenters. The molecular weight excluding hydrogens is 440 g/mol. The average Bonchev–Trinajstić information content (AvgIpc) is 3.17. The SMILES string of the molecule is Cc1cccc(N2C[C@H](C(=O)OCC(=O)c3c(N)n(CC(C)C)c(=O)n(C)c3=O)CC2=O)c1C. The Balaban J connectivity index is 1.75. The molecule has 10 nitrogen and oxygen atoms in total. The van der Waals surface area contributed by atoms with Gasteiger partial charge >= 0.3 is 11.7 Å². The van der Waals surface area contributed by atoms with Crippen LogP contribution in [0.2, 0.25) is 0 Å². The molecule has 3 rings (SSSR count). The van der Waals surface area contributed by atoms with E-state index in [2.05, 4.69) is 0 Å². The van der Waals surface area contributed by atoms with Crippen molar-refractivity contribution in [1.82, 2.24) is 9.13 Å². The monoisotopic (exact) mass is 470 g/mol. The number of rotatable bonds is 7. The summed E-state index contributed by atoms with van der Waals surface area (Å²) in [5.41, 5.74) is 6.84. The van der Waals surface area contributed by atoms with E-state index < -0.39 is 41.1 Å². The van der Waals surface area contributed by atoms with E-state index in [1.54, 1.807) is 4.90 Å². The van der Waals surface area contributed by atoms with E-state index in [9.17, 15) is 24.0 Å². The summed E-state index contributed by atoms with van der Waals surface area (Å²) in [5.74, 6) is -2.67. The number of nitrogens with zero attached hydrogens (tertiary/aromatic N) is 3. The molecule has 1 aromatic heterocycles. The molecule has 182 valence electrons. The van der Waals surface area contributed by atoms with Crippen LogP contribution in [0.4, 0.5) is 11.5 Å². The van der Waals surface area contributed by atoms with Gasteiger partial charge < -0.3 is 15.4 Å². The zero-order valence-corrected chi connectivity index (χ0v) is 20.1. The quantitative estimate of drug-likeness (QED) is 0.474. The number of carbonyl (C=O) groups excluding carboxylic acids is 3. The number of aromatic nitrogens is 2. The molecule has 1 saturated heterocycles. The van der Waals surface area contributed by atoms with Crippen molar-refractivity contribution < 1.29 is 19.1 Å². The molecule has 2 heterocycles. The van der Waals surface area contributed by atoms with Gasteiger partial charge in [0.15, 0.2) is 6.61 Å². The molecule has 2 N–H and O–H groups in total. The van der Waals surface area contributed by atoms with Gasteiger partial charge in [0.1, 0.15) is 11.4 Å². The zero-order chi connectivity index (χ0) is 25.3. The fourth-order valence-electron chi connectivity index (χ4n) is 4.04. The summed E-state index contributed by atoms with van der Waals surface area (Å²) in [6.45, 7) is 7.22. The van der Waals surface area contributed by atoms with E-state index in [0.29, 0.717) is 0 Å². The number of anilines is 2. The van der Waals surface area contributed by atoms with Crippen LogP contribution in [0.15, 0.2) is 27.8 Å². The van der Waals surface area contributed by atoms with Gasteiger partial charge in [-0.25, -0.2) is 4.79 Å². The summed E-state index contributed by atoms with van der Waals surface area (Å²) >= 11 is 0. The van der Waals surface area contributed by atoms with Gasteiger partial charge in [0.05, 0.1) is 5.92 Å². The lowest BCUT2D eigenvalue weighted by Crippen LogP contribution is -2.43. The Labute approximate surface area is 196 Å². The minimum absolute atomic E-state index is 0.0381. The van der Waals surface area contributed by atoms with Crippen LogP contribution in [0, 0.1) is 25.7 Å². The lowest BCUT2D eigenvalue weighted by Gasteiger charge is -2.20. The number of hydrogen-bond donors (Lipinski definition) is 1. The molecule has 1 amide bonds. The Morgan fingerprint density at radius 3 is 2.50 bits per heavy atom. The number of Topliss-reactive ketones (excluding diaryl/α,β-unsaturated/α-hetero) is 1. The predicted octanol–water partition coefficient (Wildman–Crippen LogP) is 1.18. The van der Waals surface area contributed by atoms with Crippen molar-refractivity contribution in [2.75, 3.05) is 23.8 Å². The van der Waals surface area contributed by atoms with Gasteiger partial charge in [-0.1, -0.05) is 26.0 Å². The Hall–Kier alpha value is -3.69. The van der Waals surface area contributed by atoms with E-state index in [-0.39, 0.29) is 37.2 Å². The van der Waals surface area contributed by atoms with Crippen molar-refractivity contribution in [2.45, 2.75) is 40.7 Å². The topological polar surface area (TPSA) is 134 Å². The highest BCUT2D eigenvalue weighted by Crippen LogP contribution is 2.29. The minimum atomic E-state index is -0.847. The third kappa shape index (κ3) is 4.66. The first kappa shape index (κ1) is 24.9. The van der Waals surface area contributed by atoms with Crippen molar-refractivity contribution in [3.63, 3.8) is 0 Å². The molecular formula is C24H30N4O6. The molecule has 0 radical (unpaired) electrons. The maximum Gasteiger partial charge on any atom is 0.332 e. The van der Waals surface area contributed by atoms with Crippen LogP contribution >= 0.6 is 0 Å². The van der Waals surface area contributed by atoms with Crippen LogP contribution in [-0.4, -0.2) is 39.9 Å². The summed E-state index contributed by atoms with van der Waals surface area (Å²) < 4.78 is 7.15. The van der Waals surface area contributed by atoms with E-state index in [4.69, 9.17) is 10.5 Å². The highest BCUT2D eigenvalue weighted by molar-refractivity contribution is 6.02. The van der Waals surface area contributed by atoms with Gasteiger partial charge in [0.25, 0.3) is 5.56 Å². The highest BCUT2D eigenvalue weighted by Gasteiger charge is 2.37. The number of aryl methyl sites for hydroxylation is 1. The first-order valence-electron chi connectivity index (χ1n) is 11.1. The zero-order valence-electron chi connectivity index (χ0n) is 20.1. The Bertz CT molecular complexity index is 1270. The standard InChI is InChI=1S/C24H30N4O6/c1-13(2)10-28-21(25)20(22(31)26(5)24(28)33)18(29)12-34-23(32)16-9-19(30)27(11-16)17-8-6-7-14(3)15(17)4/h6-8,13,16H,9-12,25H2,1-5H3/t16-/m1/s1. The number of amides is 1. The second-order valence-electron chi connectivity index (χ2n) is 9.07. The molecule has 10 heteroatoms.